The van der Waals surface area contributed by atoms with Gasteiger partial charge in [0.05, 0.1) is 12.1 Å². The number of nitrogens with zero attached hydrogens (tertiary/aromatic N) is 1. The lowest BCUT2D eigenvalue weighted by atomic mass is 9.44. The van der Waals surface area contributed by atoms with Gasteiger partial charge in [0, 0.05) is 11.6 Å². The quantitative estimate of drug-likeness (QED) is 0.628. The van der Waals surface area contributed by atoms with Crippen LogP contribution in [0.15, 0.2) is 30.3 Å². The van der Waals surface area contributed by atoms with Crippen molar-refractivity contribution in [3.8, 4) is 0 Å². The number of benzene rings is 1. The summed E-state index contributed by atoms with van der Waals surface area (Å²) in [6.45, 7) is 7.54. The highest BCUT2D eigenvalue weighted by Crippen LogP contribution is 2.67. The summed E-state index contributed by atoms with van der Waals surface area (Å²) in [5.74, 6) is 3.41. The molecule has 4 saturated carbocycles. The lowest BCUT2D eigenvalue weighted by molar-refractivity contribution is -0.152. The van der Waals surface area contributed by atoms with Crippen molar-refractivity contribution in [2.75, 3.05) is 14.1 Å². The molecule has 5 rings (SSSR count). The Morgan fingerprint density at radius 1 is 0.941 bits per heavy atom. The fraction of sp³-hybridized carbons (Fsp3) is 0.767. The van der Waals surface area contributed by atoms with Crippen LogP contribution in [0.4, 0.5) is 0 Å². The molecule has 2 N–H and O–H groups in total. The van der Waals surface area contributed by atoms with Crippen LogP contribution in [0.25, 0.3) is 0 Å². The van der Waals surface area contributed by atoms with E-state index in [2.05, 4.69) is 45.1 Å². The van der Waals surface area contributed by atoms with E-state index < -0.39 is 6.10 Å². The lowest BCUT2D eigenvalue weighted by Gasteiger charge is -2.62. The highest BCUT2D eigenvalue weighted by molar-refractivity contribution is 5.94. The van der Waals surface area contributed by atoms with Gasteiger partial charge >= 0.3 is 0 Å². The maximum atomic E-state index is 12.8. The van der Waals surface area contributed by atoms with E-state index in [1.165, 1.54) is 32.1 Å². The van der Waals surface area contributed by atoms with Gasteiger partial charge in [0.1, 0.15) is 0 Å². The first-order chi connectivity index (χ1) is 16.2. The van der Waals surface area contributed by atoms with E-state index in [-0.39, 0.29) is 17.4 Å². The van der Waals surface area contributed by atoms with E-state index in [1.54, 1.807) is 0 Å². The molecule has 4 fully saturated rings. The van der Waals surface area contributed by atoms with Gasteiger partial charge in [-0.15, -0.1) is 0 Å². The number of fused-ring (bicyclic) bond motifs is 5. The second-order valence-electron chi connectivity index (χ2n) is 13.0. The van der Waals surface area contributed by atoms with Gasteiger partial charge in [-0.05, 0) is 125 Å². The monoisotopic (exact) mass is 466 g/mol. The van der Waals surface area contributed by atoms with Crippen molar-refractivity contribution in [1.82, 2.24) is 10.2 Å². The molecule has 4 nitrogen and oxygen atoms in total. The Bertz CT molecular complexity index is 887. The molecule has 1 amide bonds. The zero-order valence-electron chi connectivity index (χ0n) is 22.0. The number of amides is 1. The third-order valence-corrected chi connectivity index (χ3v) is 11.6. The maximum absolute atomic E-state index is 12.8. The number of carbonyl (C=O) groups is 1. The summed E-state index contributed by atoms with van der Waals surface area (Å²) in [6.07, 6.45) is 9.35. The van der Waals surface area contributed by atoms with Crippen LogP contribution < -0.4 is 5.32 Å². The van der Waals surface area contributed by atoms with Crippen LogP contribution in [-0.2, 0) is 0 Å². The SMILES string of the molecule is C[C@@H]([C@H]1CC[C@H]2[C@@H]3CC[C@H]4[C@@H](O)[C@@H](NC(=O)c5ccccc5)CC[C@]4(C)[C@H]3CC[C@]12C)N(C)C. The topological polar surface area (TPSA) is 52.6 Å². The highest BCUT2D eigenvalue weighted by atomic mass is 16.3. The van der Waals surface area contributed by atoms with Crippen molar-refractivity contribution < 1.29 is 9.90 Å². The van der Waals surface area contributed by atoms with Gasteiger partial charge < -0.3 is 15.3 Å². The Hall–Kier alpha value is -1.39. The average molecular weight is 467 g/mol. The van der Waals surface area contributed by atoms with E-state index in [9.17, 15) is 9.90 Å². The number of carbonyl (C=O) groups excluding carboxylic acids is 1. The zero-order chi connectivity index (χ0) is 24.3. The predicted octanol–water partition coefficient (Wildman–Crippen LogP) is 5.36. The third kappa shape index (κ3) is 3.75. The molecule has 34 heavy (non-hydrogen) atoms. The first-order valence-electron chi connectivity index (χ1n) is 13.9. The highest BCUT2D eigenvalue weighted by Gasteiger charge is 2.62. The summed E-state index contributed by atoms with van der Waals surface area (Å²) >= 11 is 0. The first-order valence-corrected chi connectivity index (χ1v) is 13.9. The largest absolute Gasteiger partial charge is 0.391 e. The Labute approximate surface area is 206 Å². The van der Waals surface area contributed by atoms with Gasteiger partial charge in [-0.3, -0.25) is 4.79 Å². The van der Waals surface area contributed by atoms with Crippen LogP contribution in [0.5, 0.6) is 0 Å². The molecule has 4 aliphatic carbocycles. The van der Waals surface area contributed by atoms with Crippen molar-refractivity contribution in [2.24, 2.45) is 40.4 Å². The second-order valence-corrected chi connectivity index (χ2v) is 13.0. The second kappa shape index (κ2) is 8.92. The van der Waals surface area contributed by atoms with Crippen LogP contribution in [0, 0.1) is 40.4 Å². The van der Waals surface area contributed by atoms with E-state index in [0.717, 1.165) is 42.9 Å². The molecular formula is C30H46N2O2. The van der Waals surface area contributed by atoms with E-state index in [1.807, 2.05) is 30.3 Å². The van der Waals surface area contributed by atoms with Crippen molar-refractivity contribution >= 4 is 5.91 Å². The molecule has 0 bridgehead atoms. The van der Waals surface area contributed by atoms with Gasteiger partial charge in [-0.25, -0.2) is 0 Å². The van der Waals surface area contributed by atoms with E-state index >= 15 is 0 Å². The summed E-state index contributed by atoms with van der Waals surface area (Å²) < 4.78 is 0. The third-order valence-electron chi connectivity index (χ3n) is 11.6. The van der Waals surface area contributed by atoms with Gasteiger partial charge in [-0.1, -0.05) is 32.0 Å². The van der Waals surface area contributed by atoms with Crippen molar-refractivity contribution in [3.63, 3.8) is 0 Å². The molecular weight excluding hydrogens is 420 g/mol. The average Bonchev–Trinajstić information content (AvgIpc) is 3.18. The Kier molecular flexibility index (Phi) is 6.38. The Balaban J connectivity index is 1.31. The Morgan fingerprint density at radius 2 is 1.59 bits per heavy atom. The molecule has 4 aliphatic rings. The minimum absolute atomic E-state index is 0.0534. The van der Waals surface area contributed by atoms with Crippen LogP contribution in [0.1, 0.15) is 82.5 Å². The fourth-order valence-corrected chi connectivity index (χ4v) is 9.53. The summed E-state index contributed by atoms with van der Waals surface area (Å²) in [5, 5.41) is 14.7. The number of hydrogen-bond acceptors (Lipinski definition) is 3. The van der Waals surface area contributed by atoms with Gasteiger partial charge in [-0.2, -0.15) is 0 Å². The summed E-state index contributed by atoms with van der Waals surface area (Å²) in [6, 6.07) is 9.94. The normalized spacial score (nSPS) is 44.6. The molecule has 0 saturated heterocycles. The van der Waals surface area contributed by atoms with Gasteiger partial charge in [0.25, 0.3) is 5.91 Å². The fourth-order valence-electron chi connectivity index (χ4n) is 9.53. The number of rotatable bonds is 4. The van der Waals surface area contributed by atoms with Crippen molar-refractivity contribution in [3.05, 3.63) is 35.9 Å². The Morgan fingerprint density at radius 3 is 2.29 bits per heavy atom. The molecule has 1 aromatic rings. The molecule has 0 heterocycles. The summed E-state index contributed by atoms with van der Waals surface area (Å²) in [7, 11) is 4.49. The molecule has 188 valence electrons. The molecule has 0 aliphatic heterocycles. The van der Waals surface area contributed by atoms with Crippen LogP contribution in [0.2, 0.25) is 0 Å². The number of aliphatic hydroxyl groups is 1. The molecule has 1 aromatic carbocycles. The minimum Gasteiger partial charge on any atom is -0.391 e. The standard InChI is InChI=1S/C30H46N2O2/c1-19(32(4)5)22-13-14-23-21-11-12-25-27(33)26(31-28(34)20-9-7-6-8-10-20)16-18-30(25,3)24(21)15-17-29(22,23)2/h6-10,19,21-27,33H,11-18H2,1-5H3,(H,31,34)/t19-,21-,22+,23-,24-,25-,26-,27+,29+,30+/m0/s1. The molecule has 4 heteroatoms. The predicted molar refractivity (Wildman–Crippen MR) is 137 cm³/mol. The minimum atomic E-state index is -0.439. The number of hydrogen-bond donors (Lipinski definition) is 2. The van der Waals surface area contributed by atoms with Crippen LogP contribution in [-0.4, -0.2) is 48.2 Å². The van der Waals surface area contributed by atoms with Crippen molar-refractivity contribution in [2.45, 2.75) is 90.3 Å². The van der Waals surface area contributed by atoms with Gasteiger partial charge in [0.15, 0.2) is 0 Å². The molecule has 0 spiro atoms. The zero-order valence-corrected chi connectivity index (χ0v) is 22.0. The van der Waals surface area contributed by atoms with Gasteiger partial charge in [0.2, 0.25) is 0 Å². The summed E-state index contributed by atoms with van der Waals surface area (Å²) in [4.78, 5) is 15.2. The smallest absolute Gasteiger partial charge is 0.251 e. The molecule has 0 radical (unpaired) electrons. The molecule has 0 aromatic heterocycles. The number of nitrogens with one attached hydrogen (secondary N) is 1. The van der Waals surface area contributed by atoms with E-state index in [4.69, 9.17) is 0 Å². The summed E-state index contributed by atoms with van der Waals surface area (Å²) in [5.41, 5.74) is 1.34. The van der Waals surface area contributed by atoms with Crippen molar-refractivity contribution in [1.29, 1.82) is 0 Å². The number of aliphatic hydroxyl groups excluding tert-OH is 1. The molecule has 0 unspecified atom stereocenters. The van der Waals surface area contributed by atoms with Crippen LogP contribution >= 0.6 is 0 Å². The van der Waals surface area contributed by atoms with E-state index in [0.29, 0.717) is 22.9 Å². The first kappa shape index (κ1) is 24.3. The lowest BCUT2D eigenvalue weighted by Crippen LogP contribution is -2.61. The molecule has 10 atom stereocenters. The van der Waals surface area contributed by atoms with Crippen LogP contribution in [0.3, 0.4) is 0 Å². The maximum Gasteiger partial charge on any atom is 0.251 e.